The summed E-state index contributed by atoms with van der Waals surface area (Å²) < 4.78 is 3.53. The van der Waals surface area contributed by atoms with Crippen molar-refractivity contribution >= 4 is 38.2 Å². The van der Waals surface area contributed by atoms with Crippen molar-refractivity contribution < 1.29 is 0 Å². The minimum Gasteiger partial charge on any atom is -0.347 e. The highest BCUT2D eigenvalue weighted by atomic mass is 79.9. The number of benzene rings is 1. The molecule has 4 heteroatoms. The Morgan fingerprint density at radius 1 is 1.10 bits per heavy atom. The number of nitrogens with one attached hydrogen (secondary N) is 1. The minimum absolute atomic E-state index is 0.961. The van der Waals surface area contributed by atoms with Crippen LogP contribution in [0.25, 0.3) is 10.9 Å². The van der Waals surface area contributed by atoms with E-state index in [-0.39, 0.29) is 0 Å². The van der Waals surface area contributed by atoms with Gasteiger partial charge in [-0.25, -0.2) is 0 Å². The van der Waals surface area contributed by atoms with Crippen LogP contribution in [0.2, 0.25) is 0 Å². The number of hydrogen-bond acceptors (Lipinski definition) is 2. The van der Waals surface area contributed by atoms with Gasteiger partial charge in [-0.3, -0.25) is 0 Å². The largest absolute Gasteiger partial charge is 0.347 e. The van der Waals surface area contributed by atoms with E-state index in [0.29, 0.717) is 0 Å². The van der Waals surface area contributed by atoms with E-state index in [9.17, 15) is 0 Å². The molecule has 104 valence electrons. The van der Waals surface area contributed by atoms with Crippen molar-refractivity contribution in [3.05, 3.63) is 57.3 Å². The first-order valence-electron chi connectivity index (χ1n) is 6.82. The van der Waals surface area contributed by atoms with E-state index in [1.165, 1.54) is 19.6 Å². The van der Waals surface area contributed by atoms with Crippen molar-refractivity contribution in [3.8, 4) is 0 Å². The Bertz CT molecular complexity index is 686. The fourth-order valence-electron chi connectivity index (χ4n) is 2.37. The van der Waals surface area contributed by atoms with Gasteiger partial charge in [-0.2, -0.15) is 0 Å². The molecule has 0 aliphatic carbocycles. The lowest BCUT2D eigenvalue weighted by Gasteiger charge is -2.06. The normalized spacial score (nSPS) is 11.2. The monoisotopic (exact) mass is 348 g/mol. The SMILES string of the molecule is Brc1ccc(CNCCCn2ccc3ccccc32)s1. The predicted octanol–water partition coefficient (Wildman–Crippen LogP) is 4.65. The summed E-state index contributed by atoms with van der Waals surface area (Å²) in [5.41, 5.74) is 1.33. The van der Waals surface area contributed by atoms with Crippen LogP contribution in [0.4, 0.5) is 0 Å². The second-order valence-corrected chi connectivity index (χ2v) is 7.35. The molecule has 0 fully saturated rings. The average molecular weight is 349 g/mol. The molecule has 0 bridgehead atoms. The minimum atomic E-state index is 0.961. The summed E-state index contributed by atoms with van der Waals surface area (Å²) >= 11 is 5.29. The zero-order valence-corrected chi connectivity index (χ0v) is 13.6. The number of para-hydroxylation sites is 1. The standard InChI is InChI=1S/C16H17BrN2S/c17-16-7-6-14(20-16)12-18-9-3-10-19-11-8-13-4-1-2-5-15(13)19/h1-2,4-8,11,18H,3,9-10,12H2. The first-order chi connectivity index (χ1) is 9.83. The van der Waals surface area contributed by atoms with E-state index in [1.54, 1.807) is 11.3 Å². The zero-order valence-electron chi connectivity index (χ0n) is 11.2. The van der Waals surface area contributed by atoms with Crippen LogP contribution in [0.3, 0.4) is 0 Å². The molecule has 0 atom stereocenters. The van der Waals surface area contributed by atoms with Gasteiger partial charge in [0.2, 0.25) is 0 Å². The van der Waals surface area contributed by atoms with Gasteiger partial charge in [0.15, 0.2) is 0 Å². The van der Waals surface area contributed by atoms with Crippen LogP contribution >= 0.6 is 27.3 Å². The summed E-state index contributed by atoms with van der Waals surface area (Å²) in [7, 11) is 0. The molecule has 0 saturated heterocycles. The molecule has 0 unspecified atom stereocenters. The maximum absolute atomic E-state index is 3.50. The third-order valence-corrected chi connectivity index (χ3v) is 4.98. The average Bonchev–Trinajstić information content (AvgIpc) is 3.05. The lowest BCUT2D eigenvalue weighted by Crippen LogP contribution is -2.15. The maximum atomic E-state index is 3.50. The summed E-state index contributed by atoms with van der Waals surface area (Å²) in [5, 5.41) is 4.82. The number of nitrogens with zero attached hydrogens (tertiary/aromatic N) is 1. The molecule has 0 spiro atoms. The molecule has 0 radical (unpaired) electrons. The number of fused-ring (bicyclic) bond motifs is 1. The van der Waals surface area contributed by atoms with Crippen LogP contribution in [0.5, 0.6) is 0 Å². The summed E-state index contributed by atoms with van der Waals surface area (Å²) in [5.74, 6) is 0. The summed E-state index contributed by atoms with van der Waals surface area (Å²) in [6.07, 6.45) is 3.33. The first-order valence-corrected chi connectivity index (χ1v) is 8.43. The molecule has 1 N–H and O–H groups in total. The zero-order chi connectivity index (χ0) is 13.8. The van der Waals surface area contributed by atoms with E-state index >= 15 is 0 Å². The molecule has 2 heterocycles. The Morgan fingerprint density at radius 2 is 2.00 bits per heavy atom. The first kappa shape index (κ1) is 13.9. The number of thiophene rings is 1. The molecular formula is C16H17BrN2S. The van der Waals surface area contributed by atoms with Crippen LogP contribution in [0.15, 0.2) is 52.4 Å². The number of aryl methyl sites for hydroxylation is 1. The molecule has 0 amide bonds. The predicted molar refractivity (Wildman–Crippen MR) is 90.3 cm³/mol. The van der Waals surface area contributed by atoms with Crippen LogP contribution in [-0.4, -0.2) is 11.1 Å². The van der Waals surface area contributed by atoms with Crippen LogP contribution in [-0.2, 0) is 13.1 Å². The lowest BCUT2D eigenvalue weighted by molar-refractivity contribution is 0.593. The molecule has 3 rings (SSSR count). The van der Waals surface area contributed by atoms with Gasteiger partial charge in [-0.15, -0.1) is 11.3 Å². The number of aromatic nitrogens is 1. The van der Waals surface area contributed by atoms with Crippen LogP contribution in [0, 0.1) is 0 Å². The van der Waals surface area contributed by atoms with Crippen molar-refractivity contribution in [1.29, 1.82) is 0 Å². The summed E-state index contributed by atoms with van der Waals surface area (Å²) in [6, 6.07) is 15.0. The van der Waals surface area contributed by atoms with Crippen molar-refractivity contribution in [2.24, 2.45) is 0 Å². The Balaban J connectivity index is 1.46. The molecule has 0 aliphatic rings. The second-order valence-electron chi connectivity index (χ2n) is 4.80. The number of halogens is 1. The quantitative estimate of drug-likeness (QED) is 0.641. The molecule has 2 nitrogen and oxygen atoms in total. The van der Waals surface area contributed by atoms with E-state index in [0.717, 1.165) is 26.1 Å². The Kier molecular flexibility index (Phi) is 4.55. The van der Waals surface area contributed by atoms with Crippen molar-refractivity contribution in [2.75, 3.05) is 6.54 Å². The van der Waals surface area contributed by atoms with Gasteiger partial charge in [0.05, 0.1) is 3.79 Å². The molecule has 3 aromatic rings. The summed E-state index contributed by atoms with van der Waals surface area (Å²) in [4.78, 5) is 1.38. The van der Waals surface area contributed by atoms with Gasteiger partial charge in [0.25, 0.3) is 0 Å². The third-order valence-electron chi connectivity index (χ3n) is 3.36. The highest BCUT2D eigenvalue weighted by Gasteiger charge is 2.00. The fraction of sp³-hybridized carbons (Fsp3) is 0.250. The lowest BCUT2D eigenvalue weighted by atomic mass is 10.2. The van der Waals surface area contributed by atoms with Crippen molar-refractivity contribution in [2.45, 2.75) is 19.5 Å². The highest BCUT2D eigenvalue weighted by molar-refractivity contribution is 9.11. The van der Waals surface area contributed by atoms with Crippen LogP contribution < -0.4 is 5.32 Å². The smallest absolute Gasteiger partial charge is 0.0701 e. The van der Waals surface area contributed by atoms with E-state index in [4.69, 9.17) is 0 Å². The van der Waals surface area contributed by atoms with E-state index < -0.39 is 0 Å². The van der Waals surface area contributed by atoms with E-state index in [2.05, 4.69) is 74.5 Å². The van der Waals surface area contributed by atoms with E-state index in [1.807, 2.05) is 0 Å². The van der Waals surface area contributed by atoms with Gasteiger partial charge in [0, 0.05) is 29.7 Å². The van der Waals surface area contributed by atoms with Crippen molar-refractivity contribution in [1.82, 2.24) is 9.88 Å². The molecule has 0 aliphatic heterocycles. The van der Waals surface area contributed by atoms with Gasteiger partial charge in [-0.1, -0.05) is 18.2 Å². The molecule has 20 heavy (non-hydrogen) atoms. The molecular weight excluding hydrogens is 332 g/mol. The summed E-state index contributed by atoms with van der Waals surface area (Å²) in [6.45, 7) is 3.07. The van der Waals surface area contributed by atoms with Crippen LogP contribution in [0.1, 0.15) is 11.3 Å². The van der Waals surface area contributed by atoms with Crippen molar-refractivity contribution in [3.63, 3.8) is 0 Å². The highest BCUT2D eigenvalue weighted by Crippen LogP contribution is 2.21. The molecule has 1 aromatic carbocycles. The Morgan fingerprint density at radius 3 is 2.85 bits per heavy atom. The third kappa shape index (κ3) is 3.32. The van der Waals surface area contributed by atoms with Gasteiger partial charge in [-0.05, 0) is 58.5 Å². The number of hydrogen-bond donors (Lipinski definition) is 1. The fourth-order valence-corrected chi connectivity index (χ4v) is 3.82. The van der Waals surface area contributed by atoms with Gasteiger partial charge < -0.3 is 9.88 Å². The maximum Gasteiger partial charge on any atom is 0.0701 e. The topological polar surface area (TPSA) is 17.0 Å². The molecule has 0 saturated carbocycles. The molecule has 2 aromatic heterocycles. The Hall–Kier alpha value is -1.10. The number of rotatable bonds is 6. The Labute approximate surface area is 131 Å². The van der Waals surface area contributed by atoms with Gasteiger partial charge in [0.1, 0.15) is 0 Å². The van der Waals surface area contributed by atoms with Gasteiger partial charge >= 0.3 is 0 Å². The second kappa shape index (κ2) is 6.57.